The lowest BCUT2D eigenvalue weighted by atomic mass is 9.93. The molecule has 7 aliphatic rings. The van der Waals surface area contributed by atoms with Crippen LogP contribution in [0.3, 0.4) is 0 Å². The van der Waals surface area contributed by atoms with Gasteiger partial charge in [-0.25, -0.2) is 49.9 Å². The number of aromatic nitrogens is 2. The Morgan fingerprint density at radius 2 is 1.00 bits per heavy atom. The summed E-state index contributed by atoms with van der Waals surface area (Å²) >= 11 is 0. The standard InChI is InChI=1S/C62H37N15/c1-2-14-33-32(13-1)29-63-49(33)65-51-34-15-3-5-17-36(34)53(67-51)69-54-37-18-6-4-16-35(37)52(68-54)66-50-44-27-25-31-26-28-45-48(47(31)46(44)30-64-50)62-76-60-43-24-12-11-23-42(43)58(74-60)72-56-39-20-8-7-19-38(39)55(70-56)71-57-40-21-9-10-22-41(40)59(73-57)75-61(45)77-62/h1-29,61,67,70H,30H2,(H,71,73,75)(H,64,66,68,69)(H,72,74,76,77)/b65-49-. The molecule has 0 fully saturated rings. The van der Waals surface area contributed by atoms with Gasteiger partial charge >= 0.3 is 0 Å². The number of rotatable bonds is 2. The Hall–Kier alpha value is -10.8. The fourth-order valence-corrected chi connectivity index (χ4v) is 11.6. The first-order valence-electron chi connectivity index (χ1n) is 25.4. The van der Waals surface area contributed by atoms with Crippen LogP contribution in [0.5, 0.6) is 0 Å². The number of nitrogens with zero attached hydrogens (tertiary/aromatic N) is 10. The molecule has 8 bridgehead atoms. The molecule has 5 N–H and O–H groups in total. The smallest absolute Gasteiger partial charge is 0.164 e. The van der Waals surface area contributed by atoms with Gasteiger partial charge in [0.15, 0.2) is 35.0 Å². The molecule has 0 radical (unpaired) electrons. The predicted molar refractivity (Wildman–Crippen MR) is 307 cm³/mol. The maximum absolute atomic E-state index is 5.46. The third-order valence-electron chi connectivity index (χ3n) is 15.2. The van der Waals surface area contributed by atoms with Gasteiger partial charge in [-0.3, -0.25) is 0 Å². The summed E-state index contributed by atoms with van der Waals surface area (Å²) in [5.41, 5.74) is 11.5. The van der Waals surface area contributed by atoms with Crippen molar-refractivity contribution in [2.45, 2.75) is 12.7 Å². The topological polar surface area (TPSA) is 191 Å². The van der Waals surface area contributed by atoms with Gasteiger partial charge in [-0.2, -0.15) is 0 Å². The Bertz CT molecular complexity index is 4700. The second-order valence-corrected chi connectivity index (χ2v) is 19.5. The van der Waals surface area contributed by atoms with Crippen LogP contribution in [0.4, 0.5) is 23.3 Å². The molecule has 0 saturated heterocycles. The van der Waals surface area contributed by atoms with Gasteiger partial charge in [0, 0.05) is 95.5 Å². The lowest BCUT2D eigenvalue weighted by Gasteiger charge is -2.16. The third kappa shape index (κ3) is 6.31. The molecule has 17 rings (SSSR count). The molecule has 77 heavy (non-hydrogen) atoms. The zero-order valence-electron chi connectivity index (χ0n) is 40.5. The highest BCUT2D eigenvalue weighted by molar-refractivity contribution is 6.30. The fourth-order valence-electron chi connectivity index (χ4n) is 11.6. The minimum Gasteiger partial charge on any atom is -0.365 e. The van der Waals surface area contributed by atoms with Crippen molar-refractivity contribution in [2.24, 2.45) is 49.9 Å². The van der Waals surface area contributed by atoms with Crippen LogP contribution in [0, 0.1) is 0 Å². The van der Waals surface area contributed by atoms with Crippen molar-refractivity contribution >= 4 is 114 Å². The average molecular weight is 992 g/mol. The van der Waals surface area contributed by atoms with Crippen molar-refractivity contribution in [3.05, 3.63) is 237 Å². The minimum atomic E-state index is -0.413. The van der Waals surface area contributed by atoms with E-state index >= 15 is 0 Å². The van der Waals surface area contributed by atoms with E-state index in [4.69, 9.17) is 44.9 Å². The van der Waals surface area contributed by atoms with Gasteiger partial charge in [-0.05, 0) is 16.3 Å². The molecule has 7 aliphatic heterocycles. The second kappa shape index (κ2) is 15.9. The largest absolute Gasteiger partial charge is 0.365 e. The summed E-state index contributed by atoms with van der Waals surface area (Å²) in [6, 6.07) is 57.5. The molecule has 0 amide bonds. The molecule has 2 aromatic heterocycles. The number of H-pyrrole nitrogens is 2. The van der Waals surface area contributed by atoms with Gasteiger partial charge in [-0.1, -0.05) is 170 Å². The summed E-state index contributed by atoms with van der Waals surface area (Å²) in [5, 5.41) is 17.2. The Morgan fingerprint density at radius 3 is 1.75 bits per heavy atom. The summed E-state index contributed by atoms with van der Waals surface area (Å²) in [5.74, 6) is 8.27. The first-order chi connectivity index (χ1) is 38.1. The van der Waals surface area contributed by atoms with E-state index in [2.05, 4.69) is 97.6 Å². The highest BCUT2D eigenvalue weighted by Gasteiger charge is 2.36. The Morgan fingerprint density at radius 1 is 0.429 bits per heavy atom. The van der Waals surface area contributed by atoms with Gasteiger partial charge < -0.3 is 25.9 Å². The van der Waals surface area contributed by atoms with E-state index in [1.54, 1.807) is 0 Å². The van der Waals surface area contributed by atoms with E-state index in [0.717, 1.165) is 105 Å². The lowest BCUT2D eigenvalue weighted by molar-refractivity contribution is 0.632. The zero-order chi connectivity index (χ0) is 50.3. The molecule has 15 nitrogen and oxygen atoms in total. The van der Waals surface area contributed by atoms with Gasteiger partial charge in [0.2, 0.25) is 0 Å². The molecular formula is C62H37N15. The van der Waals surface area contributed by atoms with Crippen molar-refractivity contribution in [2.75, 3.05) is 0 Å². The Kier molecular flexibility index (Phi) is 8.57. The maximum Gasteiger partial charge on any atom is 0.164 e. The number of aliphatic imine (C=N–C) groups is 10. The Labute approximate surface area is 437 Å². The number of hydrogen-bond acceptors (Lipinski definition) is 10. The first kappa shape index (κ1) is 41.6. The summed E-state index contributed by atoms with van der Waals surface area (Å²) < 4.78 is 0. The lowest BCUT2D eigenvalue weighted by Crippen LogP contribution is -2.36. The van der Waals surface area contributed by atoms with Crippen LogP contribution in [-0.2, 0) is 6.54 Å². The molecule has 9 heterocycles. The third-order valence-corrected chi connectivity index (χ3v) is 15.2. The summed E-state index contributed by atoms with van der Waals surface area (Å²) in [4.78, 5) is 58.6. The van der Waals surface area contributed by atoms with Gasteiger partial charge in [-0.15, -0.1) is 0 Å². The second-order valence-electron chi connectivity index (χ2n) is 19.5. The van der Waals surface area contributed by atoms with Crippen LogP contribution in [0.25, 0.3) is 32.3 Å². The van der Waals surface area contributed by atoms with E-state index in [-0.39, 0.29) is 0 Å². The average Bonchev–Trinajstić information content (AvgIpc) is 4.47. The zero-order valence-corrected chi connectivity index (χ0v) is 40.5. The molecule has 10 aromatic rings. The first-order valence-corrected chi connectivity index (χ1v) is 25.4. The highest BCUT2D eigenvalue weighted by atomic mass is 15.2. The van der Waals surface area contributed by atoms with Crippen molar-refractivity contribution in [3.8, 4) is 0 Å². The molecule has 1 unspecified atom stereocenters. The van der Waals surface area contributed by atoms with Gasteiger partial charge in [0.25, 0.3) is 0 Å². The summed E-state index contributed by atoms with van der Waals surface area (Å²) in [7, 11) is 0. The number of hydrogen-bond donors (Lipinski definition) is 5. The van der Waals surface area contributed by atoms with Crippen LogP contribution in [0.2, 0.25) is 0 Å². The monoisotopic (exact) mass is 991 g/mol. The SMILES string of the molecule is C1=N/C(=N\c2[nH]c(/N=C3\N=C(N=C4NCc5c4ccc4ccc6c(c54)C4=NC5=N/C(=N\c7[nH]c(c8ccccc78)N=C7N=C(NC6N4)c4ccccc47)c4ccccc45)c4ccccc43)c3ccccc23)c2ccccc21. The molecule has 0 spiro atoms. The van der Waals surface area contributed by atoms with Crippen LogP contribution in [0.1, 0.15) is 72.9 Å². The highest BCUT2D eigenvalue weighted by Crippen LogP contribution is 2.41. The van der Waals surface area contributed by atoms with Crippen LogP contribution in [-0.4, -0.2) is 68.7 Å². The van der Waals surface area contributed by atoms with Crippen LogP contribution in [0.15, 0.2) is 220 Å². The maximum atomic E-state index is 5.46. The molecule has 0 saturated carbocycles. The number of aromatic amines is 2. The van der Waals surface area contributed by atoms with Crippen LogP contribution >= 0.6 is 0 Å². The van der Waals surface area contributed by atoms with Crippen molar-refractivity contribution in [3.63, 3.8) is 0 Å². The van der Waals surface area contributed by atoms with Crippen molar-refractivity contribution < 1.29 is 0 Å². The normalized spacial score (nSPS) is 19.2. The molecule has 0 aliphatic carbocycles. The van der Waals surface area contributed by atoms with E-state index in [1.807, 2.05) is 109 Å². The number of amidine groups is 9. The minimum absolute atomic E-state index is 0.413. The molecular weight excluding hydrogens is 955 g/mol. The van der Waals surface area contributed by atoms with Gasteiger partial charge in [0.05, 0.1) is 0 Å². The van der Waals surface area contributed by atoms with E-state index in [1.165, 1.54) is 0 Å². The molecule has 8 aromatic carbocycles. The van der Waals surface area contributed by atoms with Gasteiger partial charge in [0.1, 0.15) is 46.9 Å². The number of benzene rings is 8. The quantitative estimate of drug-likeness (QED) is 0.115. The molecule has 15 heteroatoms. The predicted octanol–water partition coefficient (Wildman–Crippen LogP) is 11.0. The fraction of sp³-hybridized carbons (Fsp3) is 0.0323. The molecule has 1 atom stereocenters. The number of nitrogens with one attached hydrogen (secondary N) is 5. The van der Waals surface area contributed by atoms with E-state index in [9.17, 15) is 0 Å². The summed E-state index contributed by atoms with van der Waals surface area (Å²) in [6.45, 7) is 0.532. The van der Waals surface area contributed by atoms with Crippen LogP contribution < -0.4 is 16.0 Å². The van der Waals surface area contributed by atoms with E-state index < -0.39 is 6.17 Å². The molecule has 360 valence electrons. The van der Waals surface area contributed by atoms with Crippen molar-refractivity contribution in [1.82, 2.24) is 25.9 Å². The number of fused-ring (bicyclic) bond motifs is 25. The Balaban J connectivity index is 0.802. The van der Waals surface area contributed by atoms with E-state index in [0.29, 0.717) is 76.5 Å². The van der Waals surface area contributed by atoms with Crippen molar-refractivity contribution in [1.29, 1.82) is 0 Å². The summed E-state index contributed by atoms with van der Waals surface area (Å²) in [6.07, 6.45) is 1.44.